The van der Waals surface area contributed by atoms with Gasteiger partial charge in [-0.25, -0.2) is 4.98 Å². The molecule has 5 N–H and O–H groups in total. The molecule has 0 saturated heterocycles. The monoisotopic (exact) mass is 338 g/mol. The van der Waals surface area contributed by atoms with Gasteiger partial charge in [0.2, 0.25) is 5.95 Å². The van der Waals surface area contributed by atoms with E-state index in [9.17, 15) is 9.90 Å². The number of aliphatic hydroxyl groups excluding tert-OH is 1. The summed E-state index contributed by atoms with van der Waals surface area (Å²) >= 11 is 0. The van der Waals surface area contributed by atoms with Gasteiger partial charge in [0, 0.05) is 22.2 Å². The molecule has 0 aliphatic heterocycles. The molecule has 1 heterocycles. The van der Waals surface area contributed by atoms with Crippen molar-refractivity contribution in [3.05, 3.63) is 53.6 Å². The van der Waals surface area contributed by atoms with Crippen LogP contribution < -0.4 is 11.1 Å². The van der Waals surface area contributed by atoms with E-state index in [1.165, 1.54) is 0 Å². The number of hydrogen-bond donors (Lipinski definition) is 4. The number of aliphatic hydroxyl groups is 1. The third-order valence-corrected chi connectivity index (χ3v) is 3.95. The molecule has 3 aromatic rings. The Bertz CT molecular complexity index is 907. The first kappa shape index (κ1) is 17.0. The van der Waals surface area contributed by atoms with Crippen molar-refractivity contribution in [3.8, 4) is 0 Å². The topological polar surface area (TPSA) is 104 Å². The van der Waals surface area contributed by atoms with Gasteiger partial charge in [-0.15, -0.1) is 0 Å². The lowest BCUT2D eigenvalue weighted by molar-refractivity contribution is 0.0858. The van der Waals surface area contributed by atoms with Crippen LogP contribution in [0.1, 0.15) is 42.9 Å². The standard InChI is InChI=1S/C19H22N4O2/c1-19(2,3)16(24)12-6-9-14-15(10-12)22-18(21-14)23-17(25)11-4-7-13(20)8-5-11/h4-10,17,25H,20H2,1-3H3,(H2,21,22,23). The minimum atomic E-state index is -0.920. The van der Waals surface area contributed by atoms with E-state index in [0.717, 1.165) is 11.0 Å². The van der Waals surface area contributed by atoms with Gasteiger partial charge in [-0.3, -0.25) is 4.79 Å². The lowest BCUT2D eigenvalue weighted by atomic mass is 9.86. The van der Waals surface area contributed by atoms with E-state index in [2.05, 4.69) is 15.3 Å². The molecule has 3 rings (SSSR count). The summed E-state index contributed by atoms with van der Waals surface area (Å²) in [7, 11) is 0. The molecule has 0 radical (unpaired) electrons. The fourth-order valence-corrected chi connectivity index (χ4v) is 2.54. The second-order valence-corrected chi connectivity index (χ2v) is 7.11. The van der Waals surface area contributed by atoms with Gasteiger partial charge in [-0.05, 0) is 30.3 Å². The number of Topliss-reactive ketones (excluding diaryl/α,β-unsaturated/α-hetero) is 1. The van der Waals surface area contributed by atoms with Gasteiger partial charge in [0.1, 0.15) is 0 Å². The zero-order valence-electron chi connectivity index (χ0n) is 14.5. The van der Waals surface area contributed by atoms with Gasteiger partial charge >= 0.3 is 0 Å². The number of carbonyl (C=O) groups excluding carboxylic acids is 1. The second-order valence-electron chi connectivity index (χ2n) is 7.11. The SMILES string of the molecule is CC(C)(C)C(=O)c1ccc2nc(NC(O)c3ccc(N)cc3)[nH]c2c1. The first-order valence-electron chi connectivity index (χ1n) is 8.08. The third kappa shape index (κ3) is 3.64. The number of ketones is 1. The number of nitrogens with two attached hydrogens (primary N) is 1. The lowest BCUT2D eigenvalue weighted by Crippen LogP contribution is -2.19. The normalized spacial score (nSPS) is 13.0. The van der Waals surface area contributed by atoms with Crippen LogP contribution in [0.4, 0.5) is 11.6 Å². The number of nitrogens with zero attached hydrogens (tertiary/aromatic N) is 1. The van der Waals surface area contributed by atoms with Gasteiger partial charge in [0.15, 0.2) is 12.0 Å². The first-order chi connectivity index (χ1) is 11.7. The average molecular weight is 338 g/mol. The summed E-state index contributed by atoms with van der Waals surface area (Å²) in [6.07, 6.45) is -0.920. The molecular weight excluding hydrogens is 316 g/mol. The maximum atomic E-state index is 12.4. The minimum absolute atomic E-state index is 0.0698. The van der Waals surface area contributed by atoms with Crippen molar-refractivity contribution in [2.75, 3.05) is 11.1 Å². The van der Waals surface area contributed by atoms with Crippen LogP contribution in [0.25, 0.3) is 11.0 Å². The van der Waals surface area contributed by atoms with Gasteiger partial charge < -0.3 is 21.1 Å². The summed E-state index contributed by atoms with van der Waals surface area (Å²) in [6, 6.07) is 12.3. The van der Waals surface area contributed by atoms with Gasteiger partial charge in [-0.2, -0.15) is 0 Å². The van der Waals surface area contributed by atoms with E-state index in [-0.39, 0.29) is 5.78 Å². The molecule has 0 spiro atoms. The van der Waals surface area contributed by atoms with Crippen molar-refractivity contribution in [2.24, 2.45) is 5.41 Å². The summed E-state index contributed by atoms with van der Waals surface area (Å²) in [6.45, 7) is 5.67. The molecule has 1 unspecified atom stereocenters. The maximum Gasteiger partial charge on any atom is 0.203 e. The number of benzene rings is 2. The zero-order chi connectivity index (χ0) is 18.2. The number of imidazole rings is 1. The summed E-state index contributed by atoms with van der Waals surface area (Å²) in [4.78, 5) is 19.9. The van der Waals surface area contributed by atoms with Crippen LogP contribution in [0, 0.1) is 5.41 Å². The number of nitrogen functional groups attached to an aromatic ring is 1. The molecule has 6 heteroatoms. The molecule has 2 aromatic carbocycles. The summed E-state index contributed by atoms with van der Waals surface area (Å²) in [5.41, 5.74) is 8.61. The Kier molecular flexibility index (Phi) is 4.22. The highest BCUT2D eigenvalue weighted by molar-refractivity contribution is 6.02. The molecule has 1 atom stereocenters. The number of anilines is 2. The second kappa shape index (κ2) is 6.22. The number of aromatic nitrogens is 2. The van der Waals surface area contributed by atoms with Crippen molar-refractivity contribution in [1.82, 2.24) is 9.97 Å². The Labute approximate surface area is 146 Å². The van der Waals surface area contributed by atoms with E-state index in [4.69, 9.17) is 5.73 Å². The summed E-state index contributed by atoms with van der Waals surface area (Å²) in [5.74, 6) is 0.500. The molecule has 6 nitrogen and oxygen atoms in total. The van der Waals surface area contributed by atoms with Crippen molar-refractivity contribution >= 4 is 28.5 Å². The molecule has 0 amide bonds. The minimum Gasteiger partial charge on any atom is -0.399 e. The van der Waals surface area contributed by atoms with Crippen molar-refractivity contribution in [2.45, 2.75) is 27.0 Å². The van der Waals surface area contributed by atoms with Crippen LogP contribution in [0.3, 0.4) is 0 Å². The number of aromatic amines is 1. The van der Waals surface area contributed by atoms with Gasteiger partial charge in [0.05, 0.1) is 11.0 Å². The summed E-state index contributed by atoms with van der Waals surface area (Å²) < 4.78 is 0. The smallest absolute Gasteiger partial charge is 0.203 e. The van der Waals surface area contributed by atoms with Crippen LogP contribution in [0.5, 0.6) is 0 Å². The van der Waals surface area contributed by atoms with Crippen molar-refractivity contribution in [3.63, 3.8) is 0 Å². The van der Waals surface area contributed by atoms with E-state index >= 15 is 0 Å². The fraction of sp³-hybridized carbons (Fsp3) is 0.263. The molecule has 130 valence electrons. The Hall–Kier alpha value is -2.86. The molecule has 25 heavy (non-hydrogen) atoms. The van der Waals surface area contributed by atoms with Gasteiger partial charge in [-0.1, -0.05) is 32.9 Å². The molecule has 0 saturated carbocycles. The average Bonchev–Trinajstić information content (AvgIpc) is 2.95. The molecule has 0 bridgehead atoms. The van der Waals surface area contributed by atoms with Crippen LogP contribution in [0.15, 0.2) is 42.5 Å². The molecular formula is C19H22N4O2. The Morgan fingerprint density at radius 3 is 2.52 bits per heavy atom. The van der Waals surface area contributed by atoms with Crippen LogP contribution in [-0.4, -0.2) is 20.9 Å². The van der Waals surface area contributed by atoms with E-state index in [1.54, 1.807) is 42.5 Å². The number of fused-ring (bicyclic) bond motifs is 1. The van der Waals surface area contributed by atoms with Crippen LogP contribution in [0.2, 0.25) is 0 Å². The highest BCUT2D eigenvalue weighted by atomic mass is 16.3. The number of hydrogen-bond acceptors (Lipinski definition) is 5. The quantitative estimate of drug-likeness (QED) is 0.331. The van der Waals surface area contributed by atoms with Crippen molar-refractivity contribution in [1.29, 1.82) is 0 Å². The maximum absolute atomic E-state index is 12.4. The van der Waals surface area contributed by atoms with Crippen LogP contribution >= 0.6 is 0 Å². The van der Waals surface area contributed by atoms with Crippen molar-refractivity contribution < 1.29 is 9.90 Å². The van der Waals surface area contributed by atoms with E-state index in [0.29, 0.717) is 22.8 Å². The molecule has 0 fully saturated rings. The third-order valence-electron chi connectivity index (χ3n) is 3.95. The predicted octanol–water partition coefficient (Wildman–Crippen LogP) is 3.48. The number of rotatable bonds is 4. The first-order valence-corrected chi connectivity index (χ1v) is 8.08. The Balaban J connectivity index is 1.83. The Morgan fingerprint density at radius 2 is 1.88 bits per heavy atom. The van der Waals surface area contributed by atoms with Gasteiger partial charge in [0.25, 0.3) is 0 Å². The zero-order valence-corrected chi connectivity index (χ0v) is 14.5. The number of H-pyrrole nitrogens is 1. The van der Waals surface area contributed by atoms with Crippen LogP contribution in [-0.2, 0) is 0 Å². The molecule has 0 aliphatic rings. The Morgan fingerprint density at radius 1 is 1.20 bits per heavy atom. The summed E-state index contributed by atoms with van der Waals surface area (Å²) in [5, 5.41) is 13.2. The molecule has 0 aliphatic carbocycles. The highest BCUT2D eigenvalue weighted by Gasteiger charge is 2.23. The fourth-order valence-electron chi connectivity index (χ4n) is 2.54. The van der Waals surface area contributed by atoms with E-state index in [1.807, 2.05) is 20.8 Å². The largest absolute Gasteiger partial charge is 0.399 e. The predicted molar refractivity (Wildman–Crippen MR) is 99.3 cm³/mol. The number of nitrogens with one attached hydrogen (secondary N) is 2. The number of carbonyl (C=O) groups is 1. The van der Waals surface area contributed by atoms with E-state index < -0.39 is 11.6 Å². The molecule has 1 aromatic heterocycles. The highest BCUT2D eigenvalue weighted by Crippen LogP contribution is 2.24. The lowest BCUT2D eigenvalue weighted by Gasteiger charge is -2.16.